The minimum Gasteiger partial charge on any atom is -0.326 e. The zero-order chi connectivity index (χ0) is 5.82. The van der Waals surface area contributed by atoms with Gasteiger partial charge in [-0.1, -0.05) is 6.07 Å². The summed E-state index contributed by atoms with van der Waals surface area (Å²) in [6, 6.07) is 3.83. The van der Waals surface area contributed by atoms with Gasteiger partial charge >= 0.3 is 0 Å². The van der Waals surface area contributed by atoms with E-state index in [1.54, 1.807) is 12.4 Å². The summed E-state index contributed by atoms with van der Waals surface area (Å²) in [5, 5.41) is 0. The maximum absolute atomic E-state index is 5.31. The average molecular weight is 145 g/mol. The molecule has 2 N–H and O–H groups in total. The number of hydrogen-bond acceptors (Lipinski definition) is 2. The fourth-order valence-electron chi connectivity index (χ4n) is 0.519. The SMILES string of the molecule is Cl.NCc1cccnc1. The van der Waals surface area contributed by atoms with E-state index >= 15 is 0 Å². The van der Waals surface area contributed by atoms with Gasteiger partial charge in [-0.25, -0.2) is 0 Å². The van der Waals surface area contributed by atoms with Crippen LogP contribution in [0.25, 0.3) is 0 Å². The van der Waals surface area contributed by atoms with Crippen LogP contribution in [0.5, 0.6) is 0 Å². The van der Waals surface area contributed by atoms with E-state index in [-0.39, 0.29) is 12.4 Å². The lowest BCUT2D eigenvalue weighted by Crippen LogP contribution is -1.95. The molecule has 1 aromatic rings. The Balaban J connectivity index is 0.000000640. The fourth-order valence-corrected chi connectivity index (χ4v) is 0.519. The molecule has 2 nitrogen and oxygen atoms in total. The van der Waals surface area contributed by atoms with Crippen LogP contribution >= 0.6 is 12.4 Å². The first-order chi connectivity index (χ1) is 3.93. The summed E-state index contributed by atoms with van der Waals surface area (Å²) in [4.78, 5) is 3.88. The minimum absolute atomic E-state index is 0. The van der Waals surface area contributed by atoms with Gasteiger partial charge in [-0.3, -0.25) is 4.98 Å². The minimum atomic E-state index is 0. The Hall–Kier alpha value is -0.600. The van der Waals surface area contributed by atoms with E-state index in [2.05, 4.69) is 4.98 Å². The number of nitrogens with zero attached hydrogens (tertiary/aromatic N) is 1. The fraction of sp³-hybridized carbons (Fsp3) is 0.167. The highest BCUT2D eigenvalue weighted by Gasteiger charge is 1.81. The van der Waals surface area contributed by atoms with Crippen LogP contribution in [-0.2, 0) is 6.54 Å². The van der Waals surface area contributed by atoms with E-state index in [1.807, 2.05) is 12.1 Å². The van der Waals surface area contributed by atoms with Crippen LogP contribution in [0.2, 0.25) is 0 Å². The van der Waals surface area contributed by atoms with Gasteiger partial charge in [0, 0.05) is 18.9 Å². The van der Waals surface area contributed by atoms with Gasteiger partial charge < -0.3 is 5.73 Å². The van der Waals surface area contributed by atoms with Crippen LogP contribution in [0.1, 0.15) is 5.56 Å². The molecule has 0 aliphatic carbocycles. The zero-order valence-electron chi connectivity index (χ0n) is 4.95. The average Bonchev–Trinajstić information content (AvgIpc) is 1.90. The molecule has 0 radical (unpaired) electrons. The van der Waals surface area contributed by atoms with Crippen LogP contribution in [0.15, 0.2) is 24.5 Å². The summed E-state index contributed by atoms with van der Waals surface area (Å²) in [5.41, 5.74) is 6.39. The Bertz CT molecular complexity index is 152. The quantitative estimate of drug-likeness (QED) is 0.638. The van der Waals surface area contributed by atoms with Crippen LogP contribution in [-0.4, -0.2) is 4.98 Å². The van der Waals surface area contributed by atoms with Gasteiger partial charge in [-0.05, 0) is 11.6 Å². The van der Waals surface area contributed by atoms with E-state index in [9.17, 15) is 0 Å². The molecule has 0 atom stereocenters. The third kappa shape index (κ3) is 2.44. The second-order valence-corrected chi connectivity index (χ2v) is 1.57. The van der Waals surface area contributed by atoms with Crippen LogP contribution in [0, 0.1) is 0 Å². The molecule has 0 amide bonds. The van der Waals surface area contributed by atoms with Crippen molar-refractivity contribution in [3.63, 3.8) is 0 Å². The molecule has 1 heterocycles. The Morgan fingerprint density at radius 2 is 2.33 bits per heavy atom. The summed E-state index contributed by atoms with van der Waals surface area (Å²) in [7, 11) is 0. The smallest absolute Gasteiger partial charge is 0.0312 e. The Morgan fingerprint density at radius 1 is 1.56 bits per heavy atom. The van der Waals surface area contributed by atoms with Gasteiger partial charge in [-0.15, -0.1) is 12.4 Å². The first kappa shape index (κ1) is 8.40. The van der Waals surface area contributed by atoms with E-state index in [0.29, 0.717) is 6.54 Å². The van der Waals surface area contributed by atoms with E-state index in [1.165, 1.54) is 0 Å². The van der Waals surface area contributed by atoms with Crippen molar-refractivity contribution < 1.29 is 0 Å². The maximum atomic E-state index is 5.31. The Morgan fingerprint density at radius 3 is 2.67 bits per heavy atom. The molecule has 0 aliphatic rings. The molecule has 0 saturated carbocycles. The molecule has 0 bridgehead atoms. The monoisotopic (exact) mass is 144 g/mol. The highest BCUT2D eigenvalue weighted by Crippen LogP contribution is 1.90. The van der Waals surface area contributed by atoms with E-state index < -0.39 is 0 Å². The Kier molecular flexibility index (Phi) is 4.01. The van der Waals surface area contributed by atoms with Crippen LogP contribution < -0.4 is 5.73 Å². The molecule has 0 fully saturated rings. The number of rotatable bonds is 1. The molecular weight excluding hydrogens is 136 g/mol. The van der Waals surface area contributed by atoms with Crippen molar-refractivity contribution in [2.45, 2.75) is 6.54 Å². The summed E-state index contributed by atoms with van der Waals surface area (Å²) >= 11 is 0. The standard InChI is InChI=1S/C6H8N2.ClH/c7-4-6-2-1-3-8-5-6;/h1-3,5H,4,7H2;1H. The molecule has 50 valence electrons. The van der Waals surface area contributed by atoms with Crippen molar-refractivity contribution in [3.05, 3.63) is 30.1 Å². The summed E-state index contributed by atoms with van der Waals surface area (Å²) in [6.07, 6.45) is 3.50. The number of pyridine rings is 1. The Labute approximate surface area is 60.5 Å². The lowest BCUT2D eigenvalue weighted by molar-refractivity contribution is 1.05. The van der Waals surface area contributed by atoms with Gasteiger partial charge in [0.05, 0.1) is 0 Å². The van der Waals surface area contributed by atoms with Gasteiger partial charge in [0.15, 0.2) is 0 Å². The number of aromatic nitrogens is 1. The van der Waals surface area contributed by atoms with E-state index in [0.717, 1.165) is 5.56 Å². The predicted octanol–water partition coefficient (Wildman–Crippen LogP) is 0.962. The highest BCUT2D eigenvalue weighted by atomic mass is 35.5. The molecule has 0 aliphatic heterocycles. The summed E-state index contributed by atoms with van der Waals surface area (Å²) in [5.74, 6) is 0. The normalized spacial score (nSPS) is 8.11. The molecule has 3 heteroatoms. The molecule has 1 aromatic heterocycles. The molecular formula is C6H9ClN2. The van der Waals surface area contributed by atoms with E-state index in [4.69, 9.17) is 5.73 Å². The summed E-state index contributed by atoms with van der Waals surface area (Å²) < 4.78 is 0. The third-order valence-corrected chi connectivity index (χ3v) is 0.958. The van der Waals surface area contributed by atoms with Crippen molar-refractivity contribution in [1.29, 1.82) is 0 Å². The highest BCUT2D eigenvalue weighted by molar-refractivity contribution is 5.85. The van der Waals surface area contributed by atoms with Crippen molar-refractivity contribution >= 4 is 12.4 Å². The van der Waals surface area contributed by atoms with Crippen LogP contribution in [0.3, 0.4) is 0 Å². The van der Waals surface area contributed by atoms with Gasteiger partial charge in [0.25, 0.3) is 0 Å². The molecule has 0 unspecified atom stereocenters. The topological polar surface area (TPSA) is 38.9 Å². The largest absolute Gasteiger partial charge is 0.326 e. The third-order valence-electron chi connectivity index (χ3n) is 0.958. The lowest BCUT2D eigenvalue weighted by atomic mass is 10.3. The summed E-state index contributed by atoms with van der Waals surface area (Å²) in [6.45, 7) is 0.577. The molecule has 9 heavy (non-hydrogen) atoms. The van der Waals surface area contributed by atoms with Crippen molar-refractivity contribution in [3.8, 4) is 0 Å². The maximum Gasteiger partial charge on any atom is 0.0312 e. The first-order valence-corrected chi connectivity index (χ1v) is 2.52. The predicted molar refractivity (Wildman–Crippen MR) is 39.4 cm³/mol. The lowest BCUT2D eigenvalue weighted by Gasteiger charge is -1.89. The molecule has 0 saturated heterocycles. The second kappa shape index (κ2) is 4.30. The molecule has 1 rings (SSSR count). The number of halogens is 1. The van der Waals surface area contributed by atoms with Gasteiger partial charge in [-0.2, -0.15) is 0 Å². The first-order valence-electron chi connectivity index (χ1n) is 2.52. The van der Waals surface area contributed by atoms with Crippen molar-refractivity contribution in [1.82, 2.24) is 4.98 Å². The van der Waals surface area contributed by atoms with Crippen LogP contribution in [0.4, 0.5) is 0 Å². The second-order valence-electron chi connectivity index (χ2n) is 1.57. The molecule has 0 spiro atoms. The number of nitrogens with two attached hydrogens (primary N) is 1. The van der Waals surface area contributed by atoms with Gasteiger partial charge in [0.2, 0.25) is 0 Å². The number of hydrogen-bond donors (Lipinski definition) is 1. The van der Waals surface area contributed by atoms with Crippen molar-refractivity contribution in [2.24, 2.45) is 5.73 Å². The van der Waals surface area contributed by atoms with Crippen molar-refractivity contribution in [2.75, 3.05) is 0 Å². The van der Waals surface area contributed by atoms with Gasteiger partial charge in [0.1, 0.15) is 0 Å². The molecule has 0 aromatic carbocycles. The zero-order valence-corrected chi connectivity index (χ0v) is 5.77.